The van der Waals surface area contributed by atoms with Crippen molar-refractivity contribution in [2.24, 2.45) is 0 Å². The second kappa shape index (κ2) is 21.5. The fourth-order valence-corrected chi connectivity index (χ4v) is 9.23. The summed E-state index contributed by atoms with van der Waals surface area (Å²) < 4.78 is 0. The topological polar surface area (TPSA) is 0 Å². The van der Waals surface area contributed by atoms with Crippen LogP contribution >= 0.6 is 17.0 Å². The zero-order valence-electron chi connectivity index (χ0n) is 34.7. The molecule has 294 valence electrons. The molecule has 0 saturated heterocycles. The summed E-state index contributed by atoms with van der Waals surface area (Å²) in [7, 11) is 10.7. The van der Waals surface area contributed by atoms with Gasteiger partial charge in [0.1, 0.15) is 0 Å². The van der Waals surface area contributed by atoms with Crippen molar-refractivity contribution in [1.29, 1.82) is 0 Å². The molecule has 58 heavy (non-hydrogen) atoms. The van der Waals surface area contributed by atoms with E-state index >= 15 is 0 Å². The summed E-state index contributed by atoms with van der Waals surface area (Å²) in [6.07, 6.45) is 4.66. The van der Waals surface area contributed by atoms with Crippen LogP contribution in [0.2, 0.25) is 0 Å². The molecular weight excluding hydrogens is 839 g/mol. The van der Waals surface area contributed by atoms with Crippen molar-refractivity contribution < 1.29 is 20.8 Å². The maximum Gasteiger partial charge on any atom is 0.0920 e. The molecule has 8 aromatic carbocycles. The first kappa shape index (κ1) is 43.8. The van der Waals surface area contributed by atoms with E-state index in [-0.39, 0.29) is 0 Å². The first-order valence-electron chi connectivity index (χ1n) is 20.7. The van der Waals surface area contributed by atoms with Gasteiger partial charge in [0.05, 0.1) is 9.52 Å². The average Bonchev–Trinajstić information content (AvgIpc) is 3.98. The minimum absolute atomic E-state index is 0.580. The molecule has 1 heterocycles. The van der Waals surface area contributed by atoms with E-state index in [0.29, 0.717) is 11.8 Å². The summed E-state index contributed by atoms with van der Waals surface area (Å²) in [6, 6.07) is 58.6. The van der Waals surface area contributed by atoms with Crippen molar-refractivity contribution >= 4 is 58.5 Å². The minimum Gasteiger partial charge on any atom is -0.184 e. The number of halogens is 2. The monoisotopic (exact) mass is 889 g/mol. The Labute approximate surface area is 368 Å². The van der Waals surface area contributed by atoms with Gasteiger partial charge in [-0.15, -0.1) is 74.6 Å². The Hall–Kier alpha value is -3.78. The van der Waals surface area contributed by atoms with Crippen molar-refractivity contribution in [1.82, 2.24) is 0 Å². The van der Waals surface area contributed by atoms with Crippen molar-refractivity contribution in [3.05, 3.63) is 180 Å². The summed E-state index contributed by atoms with van der Waals surface area (Å²) in [6.45, 7) is 13.5. The molecule has 4 heteroatoms. The summed E-state index contributed by atoms with van der Waals surface area (Å²) in [5, 5.41) is 8.34. The minimum atomic E-state index is -0.826. The van der Waals surface area contributed by atoms with Gasteiger partial charge in [0, 0.05) is 0 Å². The summed E-state index contributed by atoms with van der Waals surface area (Å²) >= 11 is -0.826. The Balaban J connectivity index is 0.000000145. The SMILES string of the molecule is CCCc1ccccc1-c1cccc2[cH-]c(C(C)C)cc12.CCCc1ccccc1-c1cccc2[cH-]c(C(C)C)cc12.[Cl][Zr][Cl].[c-]1cccc2c1[Si]c1ccccc1-2. The average molecular weight is 892 g/mol. The molecule has 0 saturated carbocycles. The Morgan fingerprint density at radius 3 is 1.45 bits per heavy atom. The third-order valence-corrected chi connectivity index (χ3v) is 12.2. The number of benzene rings is 6. The molecular formula is C54H53Cl2SiZr-3. The summed E-state index contributed by atoms with van der Waals surface area (Å²) in [5.74, 6) is 1.16. The van der Waals surface area contributed by atoms with Gasteiger partial charge in [-0.3, -0.25) is 0 Å². The Bertz CT molecular complexity index is 2360. The van der Waals surface area contributed by atoms with Gasteiger partial charge in [-0.2, -0.15) is 41.6 Å². The fourth-order valence-electron chi connectivity index (χ4n) is 7.92. The molecule has 0 spiro atoms. The van der Waals surface area contributed by atoms with E-state index in [1.807, 2.05) is 6.07 Å². The van der Waals surface area contributed by atoms with Gasteiger partial charge in [-0.1, -0.05) is 161 Å². The van der Waals surface area contributed by atoms with Crippen LogP contribution in [0.25, 0.3) is 54.9 Å². The van der Waals surface area contributed by atoms with E-state index in [9.17, 15) is 0 Å². The maximum absolute atomic E-state index is 4.93. The van der Waals surface area contributed by atoms with Crippen LogP contribution in [0.15, 0.2) is 152 Å². The molecule has 9 rings (SSSR count). The van der Waals surface area contributed by atoms with Crippen LogP contribution in [0, 0.1) is 6.07 Å². The van der Waals surface area contributed by atoms with Crippen molar-refractivity contribution in [3.8, 4) is 33.4 Å². The number of hydrogen-bond acceptors (Lipinski definition) is 0. The van der Waals surface area contributed by atoms with Gasteiger partial charge in [0.15, 0.2) is 0 Å². The van der Waals surface area contributed by atoms with Crippen LogP contribution in [-0.2, 0) is 33.7 Å². The van der Waals surface area contributed by atoms with Crippen molar-refractivity contribution in [2.45, 2.75) is 79.1 Å². The van der Waals surface area contributed by atoms with E-state index in [0.717, 1.165) is 22.4 Å². The predicted molar refractivity (Wildman–Crippen MR) is 254 cm³/mol. The quantitative estimate of drug-likeness (QED) is 0.105. The van der Waals surface area contributed by atoms with E-state index < -0.39 is 20.8 Å². The second-order valence-corrected chi connectivity index (χ2v) is 20.5. The predicted octanol–water partition coefficient (Wildman–Crippen LogP) is 15.1. The molecule has 0 aliphatic carbocycles. The molecule has 0 nitrogen and oxygen atoms in total. The molecule has 1 aliphatic heterocycles. The molecule has 0 aromatic heterocycles. The molecule has 0 unspecified atom stereocenters. The second-order valence-electron chi connectivity index (χ2n) is 15.5. The molecule has 0 N–H and O–H groups in total. The molecule has 0 atom stereocenters. The normalized spacial score (nSPS) is 11.3. The van der Waals surface area contributed by atoms with E-state index in [1.165, 1.54) is 100 Å². The van der Waals surface area contributed by atoms with Gasteiger partial charge in [-0.25, -0.2) is 0 Å². The molecule has 2 radical (unpaired) electrons. The molecule has 8 aromatic rings. The van der Waals surface area contributed by atoms with E-state index in [2.05, 4.69) is 193 Å². The van der Waals surface area contributed by atoms with Gasteiger partial charge < -0.3 is 0 Å². The Morgan fingerprint density at radius 1 is 0.534 bits per heavy atom. The van der Waals surface area contributed by atoms with Gasteiger partial charge >= 0.3 is 37.9 Å². The van der Waals surface area contributed by atoms with Crippen LogP contribution in [-0.4, -0.2) is 9.52 Å². The largest absolute Gasteiger partial charge is 0.184 e. The Kier molecular flexibility index (Phi) is 16.2. The molecule has 0 bridgehead atoms. The van der Waals surface area contributed by atoms with Crippen molar-refractivity contribution in [2.75, 3.05) is 0 Å². The smallest absolute Gasteiger partial charge is 0.0920 e. The van der Waals surface area contributed by atoms with Crippen LogP contribution in [0.4, 0.5) is 0 Å². The number of hydrogen-bond donors (Lipinski definition) is 0. The van der Waals surface area contributed by atoms with E-state index in [1.54, 1.807) is 0 Å². The zero-order chi connectivity index (χ0) is 41.0. The van der Waals surface area contributed by atoms with Crippen LogP contribution in [0.5, 0.6) is 0 Å². The summed E-state index contributed by atoms with van der Waals surface area (Å²) in [5.41, 5.74) is 14.1. The first-order valence-corrected chi connectivity index (χ1v) is 28.0. The third-order valence-electron chi connectivity index (χ3n) is 10.9. The van der Waals surface area contributed by atoms with Gasteiger partial charge in [0.2, 0.25) is 0 Å². The Morgan fingerprint density at radius 2 is 0.966 bits per heavy atom. The fraction of sp³-hybridized carbons (Fsp3) is 0.222. The molecule has 0 amide bonds. The zero-order valence-corrected chi connectivity index (χ0v) is 39.6. The van der Waals surface area contributed by atoms with Crippen LogP contribution in [0.3, 0.4) is 0 Å². The third kappa shape index (κ3) is 10.5. The number of fused-ring (bicyclic) bond motifs is 5. The van der Waals surface area contributed by atoms with E-state index in [4.69, 9.17) is 17.0 Å². The van der Waals surface area contributed by atoms with Crippen LogP contribution in [0.1, 0.15) is 88.5 Å². The molecule has 1 aliphatic rings. The van der Waals surface area contributed by atoms with Crippen molar-refractivity contribution in [3.63, 3.8) is 0 Å². The van der Waals surface area contributed by atoms with Gasteiger partial charge in [0.25, 0.3) is 0 Å². The van der Waals surface area contributed by atoms with Gasteiger partial charge in [-0.05, 0) is 46.9 Å². The molecule has 0 fully saturated rings. The maximum atomic E-state index is 4.93. The number of rotatable bonds is 8. The summed E-state index contributed by atoms with van der Waals surface area (Å²) in [4.78, 5) is 0. The van der Waals surface area contributed by atoms with Crippen LogP contribution < -0.4 is 10.4 Å². The first-order chi connectivity index (χ1) is 28.3. The number of aryl methyl sites for hydroxylation is 2. The standard InChI is InChI=1S/2C21H23.C12H7Si.2ClH.Zr/c2*1-4-8-16-9-5-6-11-19(16)20-12-7-10-17-13-18(15(2)3)14-21(17)20;1-3-7-11-9(5-1)10-6-2-4-8-12(10)13-11;;;/h2*5-7,9-15H,4,8H2,1-3H3;1-7H;2*1H;/q3*-1;;;+2/p-2.